The maximum absolute atomic E-state index is 4.54. The van der Waals surface area contributed by atoms with E-state index in [4.69, 9.17) is 0 Å². The summed E-state index contributed by atoms with van der Waals surface area (Å²) in [5.41, 5.74) is 11.3. The number of pyridine rings is 1. The van der Waals surface area contributed by atoms with Gasteiger partial charge in [-0.3, -0.25) is 4.98 Å². The molecule has 0 radical (unpaired) electrons. The number of thiophene rings is 2. The number of hydrogen-bond donors (Lipinski definition) is 0. The van der Waals surface area contributed by atoms with Gasteiger partial charge in [-0.25, -0.2) is 0 Å². The molecule has 3 heterocycles. The summed E-state index contributed by atoms with van der Waals surface area (Å²) < 4.78 is 2.62. The lowest BCUT2D eigenvalue weighted by Gasteiger charge is -2.26. The molecule has 5 aromatic carbocycles. The van der Waals surface area contributed by atoms with Crippen molar-refractivity contribution in [2.45, 2.75) is 0 Å². The number of nitrogens with zero attached hydrogens (tertiary/aromatic N) is 3. The smallest absolute Gasteiger partial charge is 0.0747 e. The van der Waals surface area contributed by atoms with Gasteiger partial charge in [0.25, 0.3) is 0 Å². The molecular weight excluding hydrogens is 599 g/mol. The number of rotatable bonds is 8. The second-order valence-electron chi connectivity index (χ2n) is 10.9. The molecule has 0 aliphatic rings. The first-order valence-electron chi connectivity index (χ1n) is 15.2. The summed E-state index contributed by atoms with van der Waals surface area (Å²) in [5.74, 6) is 0. The molecule has 3 nitrogen and oxygen atoms in total. The fourth-order valence-electron chi connectivity index (χ4n) is 5.85. The number of para-hydroxylation sites is 2. The summed E-state index contributed by atoms with van der Waals surface area (Å²) in [6.45, 7) is 0. The molecule has 0 unspecified atom stereocenters. The average molecular weight is 628 g/mol. The Morgan fingerprint density at radius 3 is 1.46 bits per heavy atom. The van der Waals surface area contributed by atoms with Crippen LogP contribution in [0, 0.1) is 0 Å². The van der Waals surface area contributed by atoms with Crippen LogP contribution in [0.25, 0.3) is 31.8 Å². The molecule has 0 spiro atoms. The van der Waals surface area contributed by atoms with Crippen LogP contribution in [-0.4, -0.2) is 4.98 Å². The topological polar surface area (TPSA) is 19.4 Å². The Labute approximate surface area is 276 Å². The third-order valence-corrected chi connectivity index (χ3v) is 10.1. The van der Waals surface area contributed by atoms with Crippen molar-refractivity contribution in [3.05, 3.63) is 175 Å². The summed E-state index contributed by atoms with van der Waals surface area (Å²) >= 11 is 3.59. The van der Waals surface area contributed by atoms with E-state index in [0.717, 1.165) is 39.7 Å². The van der Waals surface area contributed by atoms with Gasteiger partial charge >= 0.3 is 0 Å². The molecule has 0 saturated carbocycles. The number of hydrogen-bond acceptors (Lipinski definition) is 5. The quantitative estimate of drug-likeness (QED) is 0.167. The Balaban J connectivity index is 1.12. The highest BCUT2D eigenvalue weighted by Crippen LogP contribution is 2.45. The van der Waals surface area contributed by atoms with Crippen LogP contribution >= 0.6 is 22.7 Å². The first kappa shape index (κ1) is 28.0. The number of benzene rings is 5. The Hall–Kier alpha value is -5.49. The minimum absolute atomic E-state index is 0.975. The summed E-state index contributed by atoms with van der Waals surface area (Å²) in [6.07, 6.45) is 1.84. The maximum atomic E-state index is 4.54. The van der Waals surface area contributed by atoms with E-state index in [1.165, 1.54) is 26.2 Å². The van der Waals surface area contributed by atoms with Gasteiger partial charge in [-0.15, -0.1) is 22.7 Å². The van der Waals surface area contributed by atoms with E-state index in [0.29, 0.717) is 0 Å². The lowest BCUT2D eigenvalue weighted by atomic mass is 10.0. The Kier molecular flexibility index (Phi) is 7.60. The van der Waals surface area contributed by atoms with Gasteiger partial charge in [0.2, 0.25) is 0 Å². The summed E-state index contributed by atoms with van der Waals surface area (Å²) in [5, 5.41) is 4.45. The molecule has 3 aromatic heterocycles. The molecule has 0 atom stereocenters. The number of anilines is 6. The molecule has 0 amide bonds. The predicted octanol–water partition coefficient (Wildman–Crippen LogP) is 12.6. The fraction of sp³-hybridized carbons (Fsp3) is 0. The Morgan fingerprint density at radius 2 is 0.913 bits per heavy atom. The highest BCUT2D eigenvalue weighted by Gasteiger charge is 2.18. The Bertz CT molecular complexity index is 2130. The molecule has 5 heteroatoms. The van der Waals surface area contributed by atoms with Crippen molar-refractivity contribution in [3.63, 3.8) is 0 Å². The molecule has 220 valence electrons. The standard InChI is InChI=1S/C41H29N3S2/c1-3-9-33(10-4-1)43(34-11-5-2-6-12-34)35-20-14-30(15-21-35)31-16-22-36(23-17-31)44(39-29-46-40-26-28-45-41(39)40)37-24-18-32(19-25-37)38-13-7-8-27-42-38/h1-29H. The second-order valence-corrected chi connectivity index (χ2v) is 12.8. The van der Waals surface area contributed by atoms with Gasteiger partial charge in [-0.1, -0.05) is 78.9 Å². The maximum Gasteiger partial charge on any atom is 0.0747 e. The molecule has 0 aliphatic heterocycles. The zero-order valence-corrected chi connectivity index (χ0v) is 26.5. The van der Waals surface area contributed by atoms with Crippen molar-refractivity contribution in [1.82, 2.24) is 4.98 Å². The zero-order valence-electron chi connectivity index (χ0n) is 24.9. The van der Waals surface area contributed by atoms with Crippen LogP contribution in [0.15, 0.2) is 175 Å². The van der Waals surface area contributed by atoms with Crippen molar-refractivity contribution in [2.75, 3.05) is 9.80 Å². The summed E-state index contributed by atoms with van der Waals surface area (Å²) in [4.78, 5) is 9.19. The zero-order chi connectivity index (χ0) is 30.7. The number of aromatic nitrogens is 1. The van der Waals surface area contributed by atoms with Gasteiger partial charge in [-0.2, -0.15) is 0 Å². The second kappa shape index (κ2) is 12.5. The lowest BCUT2D eigenvalue weighted by molar-refractivity contribution is 1.28. The van der Waals surface area contributed by atoms with Crippen LogP contribution in [-0.2, 0) is 0 Å². The van der Waals surface area contributed by atoms with Crippen molar-refractivity contribution >= 4 is 66.2 Å². The molecule has 0 aliphatic carbocycles. The van der Waals surface area contributed by atoms with E-state index in [1.807, 2.05) is 24.4 Å². The minimum Gasteiger partial charge on any atom is -0.311 e. The molecular formula is C41H29N3S2. The highest BCUT2D eigenvalue weighted by atomic mass is 32.1. The van der Waals surface area contributed by atoms with Crippen LogP contribution < -0.4 is 9.80 Å². The van der Waals surface area contributed by atoms with Crippen molar-refractivity contribution in [2.24, 2.45) is 0 Å². The van der Waals surface area contributed by atoms with Crippen LogP contribution in [0.1, 0.15) is 0 Å². The van der Waals surface area contributed by atoms with Gasteiger partial charge in [-0.05, 0) is 95.4 Å². The van der Waals surface area contributed by atoms with E-state index in [9.17, 15) is 0 Å². The summed E-state index contributed by atoms with van der Waals surface area (Å²) in [7, 11) is 0. The monoisotopic (exact) mass is 627 g/mol. The summed E-state index contributed by atoms with van der Waals surface area (Å²) in [6, 6.07) is 55.7. The van der Waals surface area contributed by atoms with E-state index < -0.39 is 0 Å². The molecule has 46 heavy (non-hydrogen) atoms. The third-order valence-electron chi connectivity index (χ3n) is 8.10. The number of fused-ring (bicyclic) bond motifs is 1. The highest BCUT2D eigenvalue weighted by molar-refractivity contribution is 7.27. The van der Waals surface area contributed by atoms with Gasteiger partial charge in [0.05, 0.1) is 16.1 Å². The molecule has 0 bridgehead atoms. The Morgan fingerprint density at radius 1 is 0.413 bits per heavy atom. The van der Waals surface area contributed by atoms with Gasteiger partial charge in [0.15, 0.2) is 0 Å². The SMILES string of the molecule is c1ccc(N(c2ccccc2)c2ccc(-c3ccc(N(c4ccc(-c5ccccn5)cc4)c4csc5ccsc45)cc3)cc2)cc1. The van der Waals surface area contributed by atoms with Gasteiger partial charge in [0, 0.05) is 50.3 Å². The van der Waals surface area contributed by atoms with Gasteiger partial charge < -0.3 is 9.80 Å². The predicted molar refractivity (Wildman–Crippen MR) is 198 cm³/mol. The first-order valence-corrected chi connectivity index (χ1v) is 16.9. The fourth-order valence-corrected chi connectivity index (χ4v) is 7.92. The minimum atomic E-state index is 0.975. The van der Waals surface area contributed by atoms with Crippen molar-refractivity contribution in [3.8, 4) is 22.4 Å². The van der Waals surface area contributed by atoms with Crippen LogP contribution in [0.4, 0.5) is 34.1 Å². The van der Waals surface area contributed by atoms with Crippen molar-refractivity contribution in [1.29, 1.82) is 0 Å². The van der Waals surface area contributed by atoms with Crippen LogP contribution in [0.3, 0.4) is 0 Å². The molecule has 0 saturated heterocycles. The van der Waals surface area contributed by atoms with Crippen LogP contribution in [0.2, 0.25) is 0 Å². The van der Waals surface area contributed by atoms with E-state index in [2.05, 4.69) is 165 Å². The molecule has 0 fully saturated rings. The van der Waals surface area contributed by atoms with E-state index in [-0.39, 0.29) is 0 Å². The van der Waals surface area contributed by atoms with E-state index >= 15 is 0 Å². The molecule has 8 rings (SSSR count). The van der Waals surface area contributed by atoms with E-state index in [1.54, 1.807) is 22.7 Å². The van der Waals surface area contributed by atoms with Crippen LogP contribution in [0.5, 0.6) is 0 Å². The van der Waals surface area contributed by atoms with Crippen molar-refractivity contribution < 1.29 is 0 Å². The van der Waals surface area contributed by atoms with Gasteiger partial charge in [0.1, 0.15) is 0 Å². The average Bonchev–Trinajstić information content (AvgIpc) is 3.76. The first-order chi connectivity index (χ1) is 22.8. The lowest BCUT2D eigenvalue weighted by Crippen LogP contribution is -2.09. The molecule has 0 N–H and O–H groups in total. The normalized spacial score (nSPS) is 11.0. The largest absolute Gasteiger partial charge is 0.311 e. The molecule has 8 aromatic rings. The third kappa shape index (κ3) is 5.47.